The van der Waals surface area contributed by atoms with Crippen LogP contribution in [0.2, 0.25) is 0 Å². The quantitative estimate of drug-likeness (QED) is 0.739. The van der Waals surface area contributed by atoms with E-state index >= 15 is 0 Å². The first-order valence-electron chi connectivity index (χ1n) is 9.19. The Morgan fingerprint density at radius 2 is 1.92 bits per heavy atom. The fourth-order valence-corrected chi connectivity index (χ4v) is 3.14. The Hall–Kier alpha value is -2.08. The molecular formula is C19H27N3O3. The lowest BCUT2D eigenvalue weighted by atomic mass is 9.99. The predicted octanol–water partition coefficient (Wildman–Crippen LogP) is 2.13. The number of carbonyl (C=O) groups excluding carboxylic acids is 2. The van der Waals surface area contributed by atoms with Crippen LogP contribution in [-0.4, -0.2) is 47.7 Å². The molecule has 6 nitrogen and oxygen atoms in total. The number of carbonyl (C=O) groups is 2. The molecular weight excluding hydrogens is 318 g/mol. The van der Waals surface area contributed by atoms with Crippen molar-refractivity contribution in [1.29, 1.82) is 0 Å². The average Bonchev–Trinajstić information content (AvgIpc) is 3.45. The average molecular weight is 345 g/mol. The molecule has 1 atom stereocenters. The van der Waals surface area contributed by atoms with Crippen molar-refractivity contribution in [3.63, 3.8) is 0 Å². The highest BCUT2D eigenvalue weighted by Crippen LogP contribution is 2.19. The minimum Gasteiger partial charge on any atom is -0.396 e. The summed E-state index contributed by atoms with van der Waals surface area (Å²) < 4.78 is 0. The molecule has 1 heterocycles. The Morgan fingerprint density at radius 1 is 1.16 bits per heavy atom. The Balaban J connectivity index is 1.45. The van der Waals surface area contributed by atoms with Crippen molar-refractivity contribution < 1.29 is 14.7 Å². The van der Waals surface area contributed by atoms with E-state index < -0.39 is 0 Å². The van der Waals surface area contributed by atoms with Gasteiger partial charge in [0.2, 0.25) is 5.91 Å². The maximum atomic E-state index is 12.3. The van der Waals surface area contributed by atoms with Crippen LogP contribution in [0.25, 0.3) is 0 Å². The zero-order chi connectivity index (χ0) is 17.6. The minimum atomic E-state index is -0.116. The maximum Gasteiger partial charge on any atom is 0.321 e. The smallest absolute Gasteiger partial charge is 0.321 e. The largest absolute Gasteiger partial charge is 0.396 e. The fraction of sp³-hybridized carbons (Fsp3) is 0.579. The van der Waals surface area contributed by atoms with E-state index in [9.17, 15) is 14.7 Å². The minimum absolute atomic E-state index is 0.114. The molecule has 6 heteroatoms. The molecule has 3 N–H and O–H groups in total. The van der Waals surface area contributed by atoms with E-state index in [0.29, 0.717) is 25.4 Å². The molecule has 2 fully saturated rings. The van der Waals surface area contributed by atoms with E-state index in [0.717, 1.165) is 43.5 Å². The van der Waals surface area contributed by atoms with Crippen molar-refractivity contribution in [3.05, 3.63) is 29.8 Å². The third-order valence-corrected chi connectivity index (χ3v) is 4.85. The second-order valence-electron chi connectivity index (χ2n) is 7.11. The number of aliphatic hydroxyl groups is 1. The molecule has 25 heavy (non-hydrogen) atoms. The summed E-state index contributed by atoms with van der Waals surface area (Å²) in [6, 6.07) is 7.94. The van der Waals surface area contributed by atoms with Crippen LogP contribution in [0.15, 0.2) is 24.3 Å². The molecule has 0 unspecified atom stereocenters. The third-order valence-electron chi connectivity index (χ3n) is 4.85. The van der Waals surface area contributed by atoms with Crippen LogP contribution in [-0.2, 0) is 11.2 Å². The van der Waals surface area contributed by atoms with Gasteiger partial charge in [0.05, 0.1) is 0 Å². The van der Waals surface area contributed by atoms with Gasteiger partial charge in [-0.1, -0.05) is 12.1 Å². The second kappa shape index (κ2) is 8.34. The van der Waals surface area contributed by atoms with Crippen molar-refractivity contribution in [2.75, 3.05) is 25.0 Å². The second-order valence-corrected chi connectivity index (χ2v) is 7.11. The summed E-state index contributed by atoms with van der Waals surface area (Å²) in [5, 5.41) is 15.2. The lowest BCUT2D eigenvalue weighted by Gasteiger charge is -2.31. The van der Waals surface area contributed by atoms with Crippen LogP contribution >= 0.6 is 0 Å². The van der Waals surface area contributed by atoms with Crippen molar-refractivity contribution in [2.45, 2.75) is 44.6 Å². The van der Waals surface area contributed by atoms with Gasteiger partial charge in [-0.15, -0.1) is 0 Å². The molecule has 1 saturated carbocycles. The summed E-state index contributed by atoms with van der Waals surface area (Å²) in [4.78, 5) is 25.8. The lowest BCUT2D eigenvalue weighted by Crippen LogP contribution is -2.43. The highest BCUT2D eigenvalue weighted by atomic mass is 16.3. The van der Waals surface area contributed by atoms with Crippen molar-refractivity contribution >= 4 is 17.6 Å². The molecule has 2 aliphatic rings. The van der Waals surface area contributed by atoms with Crippen LogP contribution in [0.5, 0.6) is 0 Å². The first kappa shape index (κ1) is 17.7. The molecule has 3 amide bonds. The number of nitrogens with zero attached hydrogens (tertiary/aromatic N) is 1. The fourth-order valence-electron chi connectivity index (χ4n) is 3.14. The van der Waals surface area contributed by atoms with Gasteiger partial charge >= 0.3 is 6.03 Å². The van der Waals surface area contributed by atoms with Crippen molar-refractivity contribution in [1.82, 2.24) is 10.2 Å². The number of aryl methyl sites for hydroxylation is 1. The van der Waals surface area contributed by atoms with Crippen LogP contribution < -0.4 is 10.6 Å². The van der Waals surface area contributed by atoms with E-state index in [1.807, 2.05) is 24.3 Å². The van der Waals surface area contributed by atoms with Crippen molar-refractivity contribution in [3.8, 4) is 0 Å². The number of urea groups is 1. The van der Waals surface area contributed by atoms with E-state index in [1.54, 1.807) is 4.90 Å². The Bertz CT molecular complexity index is 598. The van der Waals surface area contributed by atoms with Crippen LogP contribution in [0, 0.1) is 5.92 Å². The van der Waals surface area contributed by atoms with Gasteiger partial charge in [-0.05, 0) is 55.7 Å². The van der Waals surface area contributed by atoms with Crippen LogP contribution in [0.4, 0.5) is 10.5 Å². The molecule has 0 spiro atoms. The van der Waals surface area contributed by atoms with Crippen LogP contribution in [0.3, 0.4) is 0 Å². The number of hydrogen-bond acceptors (Lipinski definition) is 3. The monoisotopic (exact) mass is 345 g/mol. The lowest BCUT2D eigenvalue weighted by molar-refractivity contribution is -0.121. The number of anilines is 1. The topological polar surface area (TPSA) is 81.7 Å². The van der Waals surface area contributed by atoms with E-state index in [2.05, 4.69) is 10.6 Å². The van der Waals surface area contributed by atoms with Gasteiger partial charge in [0.15, 0.2) is 0 Å². The molecule has 0 aromatic heterocycles. The molecule has 1 aromatic carbocycles. The highest BCUT2D eigenvalue weighted by molar-refractivity contribution is 5.89. The maximum absolute atomic E-state index is 12.3. The summed E-state index contributed by atoms with van der Waals surface area (Å²) in [6.45, 7) is 1.47. The predicted molar refractivity (Wildman–Crippen MR) is 96.3 cm³/mol. The highest BCUT2D eigenvalue weighted by Gasteiger charge is 2.23. The SMILES string of the molecule is O=C(CCc1ccc(NC(=O)N2CCC[C@@H](CO)C2)cc1)NC1CC1. The molecule has 1 aromatic rings. The Labute approximate surface area is 148 Å². The number of amides is 3. The number of nitrogens with one attached hydrogen (secondary N) is 2. The number of rotatable bonds is 6. The Kier molecular flexibility index (Phi) is 5.91. The zero-order valence-electron chi connectivity index (χ0n) is 14.5. The van der Waals surface area contributed by atoms with Gasteiger partial charge in [-0.3, -0.25) is 4.79 Å². The number of likely N-dealkylation sites (tertiary alicyclic amines) is 1. The summed E-state index contributed by atoms with van der Waals surface area (Å²) in [7, 11) is 0. The zero-order valence-corrected chi connectivity index (χ0v) is 14.5. The molecule has 1 aliphatic carbocycles. The van der Waals surface area contributed by atoms with Gasteiger partial charge in [0, 0.05) is 37.8 Å². The molecule has 1 aliphatic heterocycles. The van der Waals surface area contributed by atoms with Crippen LogP contribution in [0.1, 0.15) is 37.7 Å². The van der Waals surface area contributed by atoms with Gasteiger partial charge in [-0.2, -0.15) is 0 Å². The van der Waals surface area contributed by atoms with Gasteiger partial charge in [-0.25, -0.2) is 4.79 Å². The third kappa shape index (κ3) is 5.46. The number of benzene rings is 1. The summed E-state index contributed by atoms with van der Waals surface area (Å²) in [6.07, 6.45) is 5.33. The van der Waals surface area contributed by atoms with E-state index in [1.165, 1.54) is 0 Å². The summed E-state index contributed by atoms with van der Waals surface area (Å²) in [5.41, 5.74) is 1.84. The Morgan fingerprint density at radius 3 is 2.60 bits per heavy atom. The van der Waals surface area contributed by atoms with E-state index in [4.69, 9.17) is 0 Å². The van der Waals surface area contributed by atoms with E-state index in [-0.39, 0.29) is 24.5 Å². The number of piperidine rings is 1. The van der Waals surface area contributed by atoms with Gasteiger partial charge < -0.3 is 20.6 Å². The van der Waals surface area contributed by atoms with Gasteiger partial charge in [0.1, 0.15) is 0 Å². The molecule has 1 saturated heterocycles. The molecule has 3 rings (SSSR count). The number of hydrogen-bond donors (Lipinski definition) is 3. The van der Waals surface area contributed by atoms with Gasteiger partial charge in [0.25, 0.3) is 0 Å². The normalized spacial score (nSPS) is 20.2. The van der Waals surface area contributed by atoms with Crippen molar-refractivity contribution in [2.24, 2.45) is 5.92 Å². The number of aliphatic hydroxyl groups excluding tert-OH is 1. The molecule has 0 bridgehead atoms. The standard InChI is InChI=1S/C19H27N3O3/c23-13-15-2-1-11-22(12-15)19(25)21-17-6-3-14(4-7-17)5-10-18(24)20-16-8-9-16/h3-4,6-7,15-16,23H,1-2,5,8-13H2,(H,20,24)(H,21,25)/t15-/m1/s1. The first-order chi connectivity index (χ1) is 12.1. The summed E-state index contributed by atoms with van der Waals surface area (Å²) in [5.74, 6) is 0.298. The molecule has 136 valence electrons. The first-order valence-corrected chi connectivity index (χ1v) is 9.19. The summed E-state index contributed by atoms with van der Waals surface area (Å²) >= 11 is 0. The molecule has 0 radical (unpaired) electrons.